The van der Waals surface area contributed by atoms with E-state index in [1.807, 2.05) is 63.7 Å². The Morgan fingerprint density at radius 3 is 1.45 bits per heavy atom. The summed E-state index contributed by atoms with van der Waals surface area (Å²) in [6.07, 6.45) is 12.8. The molecule has 2 spiro atoms. The molecule has 2 amide bonds. The number of hydrogen-bond acceptors (Lipinski definition) is 7. The van der Waals surface area contributed by atoms with Gasteiger partial charge in [0.1, 0.15) is 11.2 Å². The number of anilines is 1. The fourth-order valence-electron chi connectivity index (χ4n) is 6.73. The first-order valence-corrected chi connectivity index (χ1v) is 16.1. The molecule has 4 aliphatic heterocycles. The molecule has 9 heteroatoms. The summed E-state index contributed by atoms with van der Waals surface area (Å²) in [5, 5.41) is 3.42. The molecule has 0 aromatic carbocycles. The van der Waals surface area contributed by atoms with Gasteiger partial charge in [-0.3, -0.25) is 4.98 Å². The molecule has 0 saturated carbocycles. The summed E-state index contributed by atoms with van der Waals surface area (Å²) >= 11 is 0. The fraction of sp³-hybridized carbons (Fsp3) is 0.788. The second-order valence-electron chi connectivity index (χ2n) is 14.9. The molecule has 1 N–H and O–H groups in total. The predicted molar refractivity (Wildman–Crippen MR) is 167 cm³/mol. The molecule has 5 rings (SSSR count). The second-order valence-corrected chi connectivity index (χ2v) is 14.9. The van der Waals surface area contributed by atoms with Crippen molar-refractivity contribution in [3.8, 4) is 0 Å². The zero-order valence-electron chi connectivity index (χ0n) is 27.0. The third-order valence-electron chi connectivity index (χ3n) is 9.47. The Bertz CT molecular complexity index is 1000. The minimum atomic E-state index is -0.415. The smallest absolute Gasteiger partial charge is 0.410 e. The summed E-state index contributed by atoms with van der Waals surface area (Å²) in [7, 11) is 0. The van der Waals surface area contributed by atoms with Crippen LogP contribution in [0.1, 0.15) is 92.9 Å². The van der Waals surface area contributed by atoms with E-state index in [1.54, 1.807) is 0 Å². The molecule has 5 heterocycles. The fourth-order valence-corrected chi connectivity index (χ4v) is 6.73. The van der Waals surface area contributed by atoms with E-state index in [-0.39, 0.29) is 17.8 Å². The highest BCUT2D eigenvalue weighted by Crippen LogP contribution is 2.42. The molecule has 0 aliphatic carbocycles. The molecule has 42 heavy (non-hydrogen) atoms. The van der Waals surface area contributed by atoms with Gasteiger partial charge in [0.05, 0.1) is 0 Å². The zero-order chi connectivity index (χ0) is 30.4. The molecule has 0 radical (unpaired) electrons. The summed E-state index contributed by atoms with van der Waals surface area (Å²) < 4.78 is 10.9. The number of ether oxygens (including phenoxy) is 2. The lowest BCUT2D eigenvalue weighted by Gasteiger charge is -2.47. The highest BCUT2D eigenvalue weighted by molar-refractivity contribution is 5.68. The van der Waals surface area contributed by atoms with Crippen LogP contribution in [0.3, 0.4) is 0 Å². The Labute approximate surface area is 253 Å². The number of nitrogens with one attached hydrogen (secondary N) is 1. The summed E-state index contributed by atoms with van der Waals surface area (Å²) in [6, 6.07) is 4.17. The maximum atomic E-state index is 12.2. The van der Waals surface area contributed by atoms with Gasteiger partial charge >= 0.3 is 12.2 Å². The number of amides is 2. The van der Waals surface area contributed by atoms with Gasteiger partial charge in [0.2, 0.25) is 0 Å². The summed E-state index contributed by atoms with van der Waals surface area (Å²) in [5.41, 5.74) is 1.36. The topological polar surface area (TPSA) is 87.2 Å². The third-order valence-corrected chi connectivity index (χ3v) is 9.47. The third kappa shape index (κ3) is 9.22. The highest BCUT2D eigenvalue weighted by Gasteiger charge is 2.40. The van der Waals surface area contributed by atoms with Gasteiger partial charge in [-0.1, -0.05) is 0 Å². The van der Waals surface area contributed by atoms with Crippen LogP contribution in [0, 0.1) is 10.8 Å². The van der Waals surface area contributed by atoms with Crippen molar-refractivity contribution in [3.63, 3.8) is 0 Å². The largest absolute Gasteiger partial charge is 0.444 e. The quantitative estimate of drug-likeness (QED) is 0.427. The van der Waals surface area contributed by atoms with Crippen LogP contribution in [0.15, 0.2) is 24.5 Å². The number of carbonyl (C=O) groups excluding carboxylic acids is 2. The minimum Gasteiger partial charge on any atom is -0.444 e. The van der Waals surface area contributed by atoms with Crippen molar-refractivity contribution in [2.45, 2.75) is 104 Å². The molecule has 0 bridgehead atoms. The first-order valence-electron chi connectivity index (χ1n) is 16.1. The van der Waals surface area contributed by atoms with Crippen molar-refractivity contribution >= 4 is 17.9 Å². The van der Waals surface area contributed by atoms with Crippen LogP contribution in [-0.2, 0) is 9.47 Å². The zero-order valence-corrected chi connectivity index (χ0v) is 27.0. The van der Waals surface area contributed by atoms with Crippen molar-refractivity contribution < 1.29 is 19.1 Å². The van der Waals surface area contributed by atoms with Crippen molar-refractivity contribution in [1.29, 1.82) is 0 Å². The maximum Gasteiger partial charge on any atom is 0.410 e. The molecule has 236 valence electrons. The Balaban J connectivity index is 0.000000201. The Morgan fingerprint density at radius 1 is 0.667 bits per heavy atom. The van der Waals surface area contributed by atoms with Crippen LogP contribution in [-0.4, -0.2) is 90.5 Å². The molecular formula is C33H55N5O4. The van der Waals surface area contributed by atoms with Gasteiger partial charge in [-0.25, -0.2) is 9.59 Å². The predicted octanol–water partition coefficient (Wildman–Crippen LogP) is 6.09. The number of hydrogen-bond donors (Lipinski definition) is 1. The van der Waals surface area contributed by atoms with Gasteiger partial charge in [0, 0.05) is 57.3 Å². The van der Waals surface area contributed by atoms with Crippen molar-refractivity contribution in [1.82, 2.24) is 20.1 Å². The van der Waals surface area contributed by atoms with Gasteiger partial charge in [-0.2, -0.15) is 0 Å². The first-order chi connectivity index (χ1) is 19.8. The average molecular weight is 586 g/mol. The number of piperidine rings is 4. The molecule has 4 fully saturated rings. The molecule has 4 aliphatic rings. The van der Waals surface area contributed by atoms with Gasteiger partial charge in [0.15, 0.2) is 0 Å². The summed E-state index contributed by atoms with van der Waals surface area (Å²) in [6.45, 7) is 19.3. The minimum absolute atomic E-state index is 0.147. The van der Waals surface area contributed by atoms with Crippen LogP contribution in [0.4, 0.5) is 15.3 Å². The van der Waals surface area contributed by atoms with Crippen molar-refractivity contribution in [3.05, 3.63) is 24.5 Å². The van der Waals surface area contributed by atoms with E-state index in [1.165, 1.54) is 31.4 Å². The van der Waals surface area contributed by atoms with E-state index in [9.17, 15) is 9.59 Å². The lowest BCUT2D eigenvalue weighted by molar-refractivity contribution is 0.00505. The number of aromatic nitrogens is 1. The number of nitrogens with zero attached hydrogens (tertiary/aromatic N) is 4. The normalized spacial score (nSPS) is 22.3. The lowest BCUT2D eigenvalue weighted by Crippen LogP contribution is -2.49. The van der Waals surface area contributed by atoms with Crippen LogP contribution >= 0.6 is 0 Å². The van der Waals surface area contributed by atoms with E-state index in [4.69, 9.17) is 9.47 Å². The number of pyridine rings is 1. The Kier molecular flexibility index (Phi) is 10.3. The van der Waals surface area contributed by atoms with E-state index in [2.05, 4.69) is 27.3 Å². The van der Waals surface area contributed by atoms with E-state index >= 15 is 0 Å². The molecule has 1 aromatic rings. The van der Waals surface area contributed by atoms with Crippen LogP contribution in [0.5, 0.6) is 0 Å². The molecule has 1 aromatic heterocycles. The van der Waals surface area contributed by atoms with Gasteiger partial charge in [-0.15, -0.1) is 0 Å². The van der Waals surface area contributed by atoms with Crippen LogP contribution < -0.4 is 10.2 Å². The number of likely N-dealkylation sites (tertiary alicyclic amines) is 2. The molecule has 4 saturated heterocycles. The number of carbonyl (C=O) groups is 2. The van der Waals surface area contributed by atoms with E-state index in [0.717, 1.165) is 78.0 Å². The molecule has 0 unspecified atom stereocenters. The van der Waals surface area contributed by atoms with Gasteiger partial charge < -0.3 is 29.5 Å². The average Bonchev–Trinajstić information content (AvgIpc) is 2.94. The van der Waals surface area contributed by atoms with E-state index < -0.39 is 5.60 Å². The monoisotopic (exact) mass is 585 g/mol. The molecular weight excluding hydrogens is 530 g/mol. The summed E-state index contributed by atoms with van der Waals surface area (Å²) in [4.78, 5) is 34.5. The second kappa shape index (κ2) is 13.4. The standard InChI is InChI=1S/C19H29N3O2.C14H26N2O2/c1-18(2,3)24-17(23)22-14-8-19(9-15-22)6-12-21(13-7-19)16-4-10-20-11-5-16;1-13(2,3)18-12(17)16-10-6-14(7-11-16)4-8-15-9-5-14/h4-5,10-11H,6-9,12-15H2,1-3H3;15H,4-11H2,1-3H3. The van der Waals surface area contributed by atoms with Crippen LogP contribution in [0.25, 0.3) is 0 Å². The van der Waals surface area contributed by atoms with Gasteiger partial charge in [-0.05, 0) is 129 Å². The highest BCUT2D eigenvalue weighted by atomic mass is 16.6. The molecule has 9 nitrogen and oxygen atoms in total. The number of rotatable bonds is 1. The SMILES string of the molecule is CC(C)(C)OC(=O)N1CCC2(CC1)CCN(c1ccncc1)CC2.CC(C)(C)OC(=O)N1CCC2(CCNCC2)CC1. The van der Waals surface area contributed by atoms with E-state index in [0.29, 0.717) is 10.8 Å². The van der Waals surface area contributed by atoms with Crippen molar-refractivity contribution in [2.24, 2.45) is 10.8 Å². The van der Waals surface area contributed by atoms with Crippen LogP contribution in [0.2, 0.25) is 0 Å². The summed E-state index contributed by atoms with van der Waals surface area (Å²) in [5.74, 6) is 0. The Morgan fingerprint density at radius 2 is 1.05 bits per heavy atom. The lowest BCUT2D eigenvalue weighted by atomic mass is 9.71. The van der Waals surface area contributed by atoms with Crippen molar-refractivity contribution in [2.75, 3.05) is 57.3 Å². The first kappa shape index (κ1) is 32.4. The van der Waals surface area contributed by atoms with Gasteiger partial charge in [0.25, 0.3) is 0 Å². The Hall–Kier alpha value is -2.55. The molecule has 0 atom stereocenters. The maximum absolute atomic E-state index is 12.2.